The van der Waals surface area contributed by atoms with Crippen molar-refractivity contribution in [1.82, 2.24) is 0 Å². The first-order valence-electron chi connectivity index (χ1n) is 1.00. The largest absolute Gasteiger partial charge is 0.316 e. The van der Waals surface area contributed by atoms with Crippen LogP contribution in [0.25, 0.3) is 0 Å². The molecular weight excluding hydrogens is 136 g/mol. The first-order chi connectivity index (χ1) is 1.00. The number of rotatable bonds is 0. The molecule has 0 bridgehead atoms. The number of hydrogen-bond donors (Lipinski definition) is 0. The molecule has 0 aromatic rings. The smallest absolute Gasteiger partial charge is 0.0125 e. The molecule has 0 heterocycles. The Morgan fingerprint density at radius 1 is 1.00 bits per heavy atom. The van der Waals surface area contributed by atoms with Crippen LogP contribution in [0.5, 0.6) is 0 Å². The fraction of sp³-hybridized carbons (Fsp3) is 0. The first-order valence-corrected chi connectivity index (χ1v) is 9.00. The Bertz CT molecular complexity index is 6.00. The molecule has 0 amide bonds. The Hall–Kier alpha value is 1.72. The summed E-state index contributed by atoms with van der Waals surface area (Å²) in [6.45, 7) is 0. The second-order valence-electron chi connectivity index (χ2n) is 0. The van der Waals surface area contributed by atoms with Crippen LogP contribution in [-0.2, 0) is 17.1 Å². The third-order valence-electron chi connectivity index (χ3n) is 0. The standard InChI is InChI=1S/Fe.Mg.H6Si2.2H/c;;1-2;;/h;;1-2H3;;. The van der Waals surface area contributed by atoms with Gasteiger partial charge in [0.15, 0.2) is 0 Å². The Balaban J connectivity index is -0.00000000500. The summed E-state index contributed by atoms with van der Waals surface area (Å²) in [6, 6.07) is 0. The molecule has 0 aliphatic carbocycles. The van der Waals surface area contributed by atoms with Crippen LogP contribution in [0.2, 0.25) is 0 Å². The predicted octanol–water partition coefficient (Wildman–Crippen LogP) is -3.29. The summed E-state index contributed by atoms with van der Waals surface area (Å²) in [6.07, 6.45) is 0. The van der Waals surface area contributed by atoms with Crippen LogP contribution in [0.1, 0.15) is 0 Å². The van der Waals surface area contributed by atoms with Crippen molar-refractivity contribution in [2.45, 2.75) is 0 Å². The van der Waals surface area contributed by atoms with E-state index in [1.54, 1.807) is 0 Å². The fourth-order valence-corrected chi connectivity index (χ4v) is 0. The molecule has 0 saturated heterocycles. The molecule has 4 heteroatoms. The van der Waals surface area contributed by atoms with Crippen LogP contribution in [0, 0.1) is 0 Å². The van der Waals surface area contributed by atoms with Gasteiger partial charge in [0.25, 0.3) is 0 Å². The quantitative estimate of drug-likeness (QED) is 0.313. The van der Waals surface area contributed by atoms with Gasteiger partial charge < -0.3 is 0 Å². The van der Waals surface area contributed by atoms with E-state index in [-0.39, 0.29) is 40.1 Å². The molecule has 0 saturated carbocycles. The summed E-state index contributed by atoms with van der Waals surface area (Å²) in [5.41, 5.74) is 0. The van der Waals surface area contributed by atoms with Gasteiger partial charge in [-0.3, -0.25) is 0 Å². The van der Waals surface area contributed by atoms with Gasteiger partial charge in [-0.25, -0.2) is 0 Å². The van der Waals surface area contributed by atoms with E-state index < -0.39 is 0 Å². The van der Waals surface area contributed by atoms with E-state index >= 15 is 0 Å². The van der Waals surface area contributed by atoms with Crippen LogP contribution in [0.4, 0.5) is 0 Å². The topological polar surface area (TPSA) is 0 Å². The zero-order valence-electron chi connectivity index (χ0n) is 2.35. The molecule has 0 rings (SSSR count). The van der Waals surface area contributed by atoms with E-state index in [1.807, 2.05) is 0 Å². The van der Waals surface area contributed by atoms with Crippen molar-refractivity contribution in [1.29, 1.82) is 0 Å². The van der Waals surface area contributed by atoms with Crippen molar-refractivity contribution in [3.05, 3.63) is 0 Å². The molecule has 0 nitrogen and oxygen atoms in total. The maximum atomic E-state index is 1.44. The molecule has 0 radical (unpaired) electrons. The summed E-state index contributed by atoms with van der Waals surface area (Å²) in [5, 5.41) is 0. The van der Waals surface area contributed by atoms with Crippen LogP contribution in [0.15, 0.2) is 0 Å². The second-order valence-corrected chi connectivity index (χ2v) is 0. The van der Waals surface area contributed by atoms with Crippen molar-refractivity contribution < 1.29 is 17.1 Å². The molecule has 0 unspecified atom stereocenters. The Labute approximate surface area is 59.4 Å². The Kier molecular flexibility index (Phi) is 95.1. The molecule has 4 heavy (non-hydrogen) atoms. The van der Waals surface area contributed by atoms with Gasteiger partial charge in [-0.2, -0.15) is 0 Å². The fourth-order valence-electron chi connectivity index (χ4n) is 0. The van der Waals surface area contributed by atoms with Crippen LogP contribution in [0.3, 0.4) is 0 Å². The molecule has 0 N–H and O–H groups in total. The molecule has 0 aliphatic rings. The average Bonchev–Trinajstić information content (AvgIpc) is 1.00. The SMILES string of the molecule is [Fe].[MgH2].[SiH3][SiH3]. The Morgan fingerprint density at radius 3 is 1.00 bits per heavy atom. The molecule has 26 valence electrons. The summed E-state index contributed by atoms with van der Waals surface area (Å²) < 4.78 is 0. The van der Waals surface area contributed by atoms with Gasteiger partial charge >= 0.3 is 23.1 Å². The normalized spacial score (nSPS) is 3.00. The first kappa shape index (κ1) is 17.2. The van der Waals surface area contributed by atoms with Crippen LogP contribution in [-0.4, -0.2) is 42.6 Å². The minimum atomic E-state index is 0. The van der Waals surface area contributed by atoms with Gasteiger partial charge in [0.05, 0.1) is 0 Å². The molecule has 0 atom stereocenters. The van der Waals surface area contributed by atoms with E-state index in [0.29, 0.717) is 0 Å². The number of hydrogen-bond acceptors (Lipinski definition) is 0. The van der Waals surface area contributed by atoms with E-state index in [0.717, 1.165) is 0 Å². The van der Waals surface area contributed by atoms with Crippen molar-refractivity contribution in [2.24, 2.45) is 0 Å². The van der Waals surface area contributed by atoms with E-state index in [4.69, 9.17) is 0 Å². The van der Waals surface area contributed by atoms with Crippen LogP contribution >= 0.6 is 0 Å². The monoisotopic (exact) mass is 144 g/mol. The Morgan fingerprint density at radius 2 is 1.00 bits per heavy atom. The summed E-state index contributed by atoms with van der Waals surface area (Å²) in [7, 11) is 2.89. The predicted molar refractivity (Wildman–Crippen MR) is 28.4 cm³/mol. The molecule has 0 fully saturated rings. The van der Waals surface area contributed by atoms with Crippen LogP contribution < -0.4 is 0 Å². The van der Waals surface area contributed by atoms with Crippen molar-refractivity contribution in [2.75, 3.05) is 0 Å². The van der Waals surface area contributed by atoms with Crippen molar-refractivity contribution in [3.63, 3.8) is 0 Å². The molecular formula is H8FeMgSi2. The zero-order valence-corrected chi connectivity index (χ0v) is 7.46. The van der Waals surface area contributed by atoms with Gasteiger partial charge in [-0.1, -0.05) is 0 Å². The minimum absolute atomic E-state index is 0. The van der Waals surface area contributed by atoms with Gasteiger partial charge in [0, 0.05) is 17.1 Å². The maximum absolute atomic E-state index is 1.44. The molecule has 0 aliphatic heterocycles. The zero-order chi connectivity index (χ0) is 2.00. The van der Waals surface area contributed by atoms with E-state index in [9.17, 15) is 0 Å². The van der Waals surface area contributed by atoms with Gasteiger partial charge in [-0.15, -0.1) is 0 Å². The molecule has 0 aromatic carbocycles. The maximum Gasteiger partial charge on any atom is 0.316 e. The molecule has 0 spiro atoms. The second kappa shape index (κ2) is 22.1. The average molecular weight is 144 g/mol. The van der Waals surface area contributed by atoms with Gasteiger partial charge in [0.1, 0.15) is 0 Å². The summed E-state index contributed by atoms with van der Waals surface area (Å²) in [4.78, 5) is 0. The van der Waals surface area contributed by atoms with Gasteiger partial charge in [0.2, 0.25) is 0 Å². The van der Waals surface area contributed by atoms with E-state index in [1.165, 1.54) is 19.5 Å². The van der Waals surface area contributed by atoms with Crippen molar-refractivity contribution in [3.8, 4) is 0 Å². The summed E-state index contributed by atoms with van der Waals surface area (Å²) >= 11 is 0. The summed E-state index contributed by atoms with van der Waals surface area (Å²) in [5.74, 6) is 0. The van der Waals surface area contributed by atoms with E-state index in [2.05, 4.69) is 0 Å². The third kappa shape index (κ3) is 9.30. The van der Waals surface area contributed by atoms with Crippen molar-refractivity contribution >= 4 is 42.6 Å². The minimum Gasteiger partial charge on any atom is -0.0125 e. The third-order valence-corrected chi connectivity index (χ3v) is 0. The van der Waals surface area contributed by atoms with Gasteiger partial charge in [-0.05, 0) is 19.5 Å². The molecule has 0 aromatic heterocycles.